The van der Waals surface area contributed by atoms with Gasteiger partial charge in [0.25, 0.3) is 5.91 Å². The molecule has 0 spiro atoms. The van der Waals surface area contributed by atoms with Crippen molar-refractivity contribution in [1.29, 1.82) is 0 Å². The molecule has 1 aliphatic heterocycles. The SMILES string of the molecule is CC(=O)NC12CC3CC(C1)CC(C(=O)OCC(=O)N1CCc4ccccc41)(C3)C2. The molecule has 0 saturated heterocycles. The van der Waals surface area contributed by atoms with Crippen LogP contribution in [0.5, 0.6) is 0 Å². The van der Waals surface area contributed by atoms with E-state index in [1.54, 1.807) is 11.8 Å². The summed E-state index contributed by atoms with van der Waals surface area (Å²) < 4.78 is 5.62. The maximum atomic E-state index is 13.2. The highest BCUT2D eigenvalue weighted by Gasteiger charge is 2.61. The lowest BCUT2D eigenvalue weighted by Crippen LogP contribution is -2.64. The Morgan fingerprint density at radius 3 is 2.59 bits per heavy atom. The molecule has 0 radical (unpaired) electrons. The van der Waals surface area contributed by atoms with Gasteiger partial charge >= 0.3 is 5.97 Å². The van der Waals surface area contributed by atoms with Crippen molar-refractivity contribution < 1.29 is 19.1 Å². The maximum Gasteiger partial charge on any atom is 0.312 e. The number of hydrogen-bond acceptors (Lipinski definition) is 4. The Morgan fingerprint density at radius 1 is 1.14 bits per heavy atom. The number of nitrogens with zero attached hydrogens (tertiary/aromatic N) is 1. The quantitative estimate of drug-likeness (QED) is 0.794. The summed E-state index contributed by atoms with van der Waals surface area (Å²) in [7, 11) is 0. The third-order valence-corrected chi connectivity index (χ3v) is 7.45. The molecule has 1 heterocycles. The summed E-state index contributed by atoms with van der Waals surface area (Å²) in [5, 5.41) is 3.17. The standard InChI is InChI=1S/C23H28N2O4/c1-15(26)24-23-11-16-8-17(12-23)10-22(9-16,14-23)21(28)29-13-20(27)25-7-6-18-4-2-3-5-19(18)25/h2-5,16-17H,6-14H2,1H3,(H,24,26). The molecule has 2 unspecified atom stereocenters. The van der Waals surface area contributed by atoms with E-state index in [4.69, 9.17) is 4.74 Å². The fraction of sp³-hybridized carbons (Fsp3) is 0.609. The van der Waals surface area contributed by atoms with Gasteiger partial charge in [0.1, 0.15) is 0 Å². The Kier molecular flexibility index (Phi) is 4.23. The molecule has 2 amide bonds. The fourth-order valence-corrected chi connectivity index (χ4v) is 6.98. The molecular weight excluding hydrogens is 368 g/mol. The van der Waals surface area contributed by atoms with Gasteiger partial charge in [-0.05, 0) is 68.4 Å². The monoisotopic (exact) mass is 396 g/mol. The lowest BCUT2D eigenvalue weighted by atomic mass is 9.47. The van der Waals surface area contributed by atoms with Gasteiger partial charge in [-0.25, -0.2) is 0 Å². The predicted octanol–water partition coefficient (Wildman–Crippen LogP) is 2.59. The van der Waals surface area contributed by atoms with Gasteiger partial charge in [-0.3, -0.25) is 14.4 Å². The van der Waals surface area contributed by atoms with Crippen molar-refractivity contribution in [2.45, 2.75) is 57.4 Å². The summed E-state index contributed by atoms with van der Waals surface area (Å²) >= 11 is 0. The van der Waals surface area contributed by atoms with Crippen LogP contribution >= 0.6 is 0 Å². The molecule has 6 heteroatoms. The molecular formula is C23H28N2O4. The molecule has 0 aromatic heterocycles. The molecule has 1 N–H and O–H groups in total. The highest BCUT2D eigenvalue weighted by atomic mass is 16.5. The summed E-state index contributed by atoms with van der Waals surface area (Å²) in [5.41, 5.74) is 1.27. The van der Waals surface area contributed by atoms with Crippen LogP contribution in [0.4, 0.5) is 5.69 Å². The van der Waals surface area contributed by atoms with E-state index >= 15 is 0 Å². The zero-order valence-corrected chi connectivity index (χ0v) is 16.9. The fourth-order valence-electron chi connectivity index (χ4n) is 6.98. The van der Waals surface area contributed by atoms with Gasteiger partial charge < -0.3 is 15.0 Å². The molecule has 4 saturated carbocycles. The highest BCUT2D eigenvalue weighted by Crippen LogP contribution is 2.62. The summed E-state index contributed by atoms with van der Waals surface area (Å²) in [5.74, 6) is 0.471. The third kappa shape index (κ3) is 3.13. The van der Waals surface area contributed by atoms with E-state index < -0.39 is 5.41 Å². The summed E-state index contributed by atoms with van der Waals surface area (Å²) in [6.45, 7) is 1.98. The first-order valence-electron chi connectivity index (χ1n) is 10.7. The maximum absolute atomic E-state index is 13.2. The average Bonchev–Trinajstić information content (AvgIpc) is 3.08. The number of fused-ring (bicyclic) bond motifs is 1. The minimum absolute atomic E-state index is 0.0293. The molecule has 4 fully saturated rings. The number of rotatable bonds is 4. The van der Waals surface area contributed by atoms with Crippen LogP contribution in [0.3, 0.4) is 0 Å². The Hall–Kier alpha value is -2.37. The first kappa shape index (κ1) is 18.6. The van der Waals surface area contributed by atoms with Crippen LogP contribution in [0, 0.1) is 17.3 Å². The number of hydrogen-bond donors (Lipinski definition) is 1. The number of esters is 1. The zero-order valence-electron chi connectivity index (χ0n) is 16.9. The van der Waals surface area contributed by atoms with Gasteiger partial charge in [0, 0.05) is 24.7 Å². The van der Waals surface area contributed by atoms with Crippen LogP contribution in [0.1, 0.15) is 51.0 Å². The van der Waals surface area contributed by atoms with Crippen molar-refractivity contribution in [3.63, 3.8) is 0 Å². The van der Waals surface area contributed by atoms with Gasteiger partial charge in [-0.15, -0.1) is 0 Å². The number of ether oxygens (including phenoxy) is 1. The molecule has 1 aromatic carbocycles. The van der Waals surface area contributed by atoms with Gasteiger partial charge in [-0.1, -0.05) is 18.2 Å². The van der Waals surface area contributed by atoms with Gasteiger partial charge in [-0.2, -0.15) is 0 Å². The Morgan fingerprint density at radius 2 is 1.86 bits per heavy atom. The topological polar surface area (TPSA) is 75.7 Å². The molecule has 1 aromatic rings. The summed E-state index contributed by atoms with van der Waals surface area (Å²) in [6.07, 6.45) is 6.19. The van der Waals surface area contributed by atoms with Crippen molar-refractivity contribution in [2.75, 3.05) is 18.1 Å². The minimum atomic E-state index is -0.546. The number of benzene rings is 1. The van der Waals surface area contributed by atoms with E-state index in [1.807, 2.05) is 24.3 Å². The third-order valence-electron chi connectivity index (χ3n) is 7.45. The van der Waals surface area contributed by atoms with Crippen LogP contribution in [-0.4, -0.2) is 36.5 Å². The van der Waals surface area contributed by atoms with Crippen LogP contribution in [0.25, 0.3) is 0 Å². The normalized spacial score (nSPS) is 34.0. The number of amides is 2. The minimum Gasteiger partial charge on any atom is -0.455 e. The first-order chi connectivity index (χ1) is 13.9. The van der Waals surface area contributed by atoms with Crippen molar-refractivity contribution >= 4 is 23.5 Å². The predicted molar refractivity (Wildman–Crippen MR) is 107 cm³/mol. The molecule has 4 aliphatic carbocycles. The molecule has 4 bridgehead atoms. The second-order valence-electron chi connectivity index (χ2n) is 9.70. The first-order valence-corrected chi connectivity index (χ1v) is 10.7. The molecule has 29 heavy (non-hydrogen) atoms. The number of carbonyl (C=O) groups excluding carboxylic acids is 3. The smallest absolute Gasteiger partial charge is 0.312 e. The lowest BCUT2D eigenvalue weighted by Gasteiger charge is -2.60. The van der Waals surface area contributed by atoms with Gasteiger partial charge in [0.2, 0.25) is 5.91 Å². The van der Waals surface area contributed by atoms with Gasteiger partial charge in [0.05, 0.1) is 5.41 Å². The van der Waals surface area contributed by atoms with E-state index in [1.165, 1.54) is 0 Å². The summed E-state index contributed by atoms with van der Waals surface area (Å²) in [6, 6.07) is 7.88. The van der Waals surface area contributed by atoms with E-state index in [9.17, 15) is 14.4 Å². The molecule has 2 atom stereocenters. The van der Waals surface area contributed by atoms with Crippen LogP contribution in [0.15, 0.2) is 24.3 Å². The average molecular weight is 396 g/mol. The molecule has 6 rings (SSSR count). The molecule has 6 nitrogen and oxygen atoms in total. The summed E-state index contributed by atoms with van der Waals surface area (Å²) in [4.78, 5) is 39.4. The molecule has 154 valence electrons. The number of nitrogens with one attached hydrogen (secondary N) is 1. The van der Waals surface area contributed by atoms with Crippen molar-refractivity contribution in [3.8, 4) is 0 Å². The highest BCUT2D eigenvalue weighted by molar-refractivity contribution is 5.97. The number of carbonyl (C=O) groups is 3. The van der Waals surface area contributed by atoms with Crippen LogP contribution in [0.2, 0.25) is 0 Å². The largest absolute Gasteiger partial charge is 0.455 e. The van der Waals surface area contributed by atoms with E-state index in [0.29, 0.717) is 24.8 Å². The lowest BCUT2D eigenvalue weighted by molar-refractivity contribution is -0.177. The Balaban J connectivity index is 1.28. The Bertz CT molecular complexity index is 865. The number of anilines is 1. The van der Waals surface area contributed by atoms with Crippen molar-refractivity contribution in [1.82, 2.24) is 5.32 Å². The van der Waals surface area contributed by atoms with E-state index in [0.717, 1.165) is 49.8 Å². The van der Waals surface area contributed by atoms with Crippen molar-refractivity contribution in [2.24, 2.45) is 17.3 Å². The van der Waals surface area contributed by atoms with E-state index in [2.05, 4.69) is 5.32 Å². The second kappa shape index (κ2) is 6.57. The molecule has 5 aliphatic rings. The van der Waals surface area contributed by atoms with Crippen LogP contribution in [-0.2, 0) is 25.5 Å². The van der Waals surface area contributed by atoms with Crippen LogP contribution < -0.4 is 10.2 Å². The van der Waals surface area contributed by atoms with Gasteiger partial charge in [0.15, 0.2) is 6.61 Å². The Labute approximate surface area is 171 Å². The zero-order chi connectivity index (χ0) is 20.2. The second-order valence-corrected chi connectivity index (χ2v) is 9.70. The van der Waals surface area contributed by atoms with E-state index in [-0.39, 0.29) is 29.9 Å². The van der Waals surface area contributed by atoms with Crippen molar-refractivity contribution in [3.05, 3.63) is 29.8 Å². The number of para-hydroxylation sites is 1.